The SMILES string of the molecule is CCn1ccc(-n2cc3nc(-c4cncc(OC(F)F)c4)cc(C)c3c2O)n1. The average molecular weight is 385 g/mol. The van der Waals surface area contributed by atoms with E-state index in [-0.39, 0.29) is 11.6 Å². The van der Waals surface area contributed by atoms with Gasteiger partial charge in [-0.25, -0.2) is 4.98 Å². The second-order valence-corrected chi connectivity index (χ2v) is 6.22. The molecular formula is C19H17F2N5O2. The maximum absolute atomic E-state index is 12.5. The molecule has 0 radical (unpaired) electrons. The number of ether oxygens (including phenoxy) is 1. The van der Waals surface area contributed by atoms with Gasteiger partial charge < -0.3 is 9.84 Å². The summed E-state index contributed by atoms with van der Waals surface area (Å²) in [5, 5.41) is 15.7. The number of aromatic hydroxyl groups is 1. The number of hydrogen-bond acceptors (Lipinski definition) is 5. The number of halogens is 2. The van der Waals surface area contributed by atoms with Gasteiger partial charge in [0.1, 0.15) is 5.75 Å². The zero-order valence-electron chi connectivity index (χ0n) is 15.2. The monoisotopic (exact) mass is 385 g/mol. The highest BCUT2D eigenvalue weighted by atomic mass is 19.3. The number of nitrogens with zero attached hydrogens (tertiary/aromatic N) is 5. The fourth-order valence-electron chi connectivity index (χ4n) is 3.09. The van der Waals surface area contributed by atoms with E-state index in [1.54, 1.807) is 27.6 Å². The maximum atomic E-state index is 12.5. The Balaban J connectivity index is 1.80. The lowest BCUT2D eigenvalue weighted by atomic mass is 10.1. The number of aromatic nitrogens is 5. The molecular weight excluding hydrogens is 368 g/mol. The molecule has 0 saturated carbocycles. The maximum Gasteiger partial charge on any atom is 0.387 e. The fourth-order valence-corrected chi connectivity index (χ4v) is 3.09. The molecule has 7 nitrogen and oxygen atoms in total. The summed E-state index contributed by atoms with van der Waals surface area (Å²) in [4.78, 5) is 8.50. The summed E-state index contributed by atoms with van der Waals surface area (Å²) in [6.45, 7) is 1.60. The van der Waals surface area contributed by atoms with Gasteiger partial charge >= 0.3 is 6.61 Å². The van der Waals surface area contributed by atoms with Crippen LogP contribution in [0.5, 0.6) is 11.6 Å². The van der Waals surface area contributed by atoms with Crippen LogP contribution in [0.2, 0.25) is 0 Å². The minimum absolute atomic E-state index is 0.0424. The number of rotatable bonds is 5. The number of hydrogen-bond donors (Lipinski definition) is 1. The molecule has 144 valence electrons. The van der Waals surface area contributed by atoms with Crippen LogP contribution in [0.3, 0.4) is 0 Å². The molecule has 0 aliphatic heterocycles. The highest BCUT2D eigenvalue weighted by molar-refractivity contribution is 5.90. The molecule has 0 fully saturated rings. The van der Waals surface area contributed by atoms with Crippen molar-refractivity contribution in [2.24, 2.45) is 0 Å². The van der Waals surface area contributed by atoms with Crippen LogP contribution in [0.4, 0.5) is 8.78 Å². The average Bonchev–Trinajstić information content (AvgIpc) is 3.26. The van der Waals surface area contributed by atoms with E-state index < -0.39 is 6.61 Å². The van der Waals surface area contributed by atoms with E-state index in [1.807, 2.05) is 20.0 Å². The lowest BCUT2D eigenvalue weighted by Crippen LogP contribution is -2.02. The Morgan fingerprint density at radius 3 is 2.79 bits per heavy atom. The fraction of sp³-hybridized carbons (Fsp3) is 0.211. The molecule has 4 aromatic rings. The molecule has 4 heterocycles. The van der Waals surface area contributed by atoms with E-state index in [1.165, 1.54) is 18.5 Å². The number of alkyl halides is 2. The molecule has 0 amide bonds. The van der Waals surface area contributed by atoms with Crippen LogP contribution in [0.15, 0.2) is 43.0 Å². The van der Waals surface area contributed by atoms with Gasteiger partial charge in [0.15, 0.2) is 5.82 Å². The topological polar surface area (TPSA) is 78.0 Å². The Morgan fingerprint density at radius 2 is 2.07 bits per heavy atom. The lowest BCUT2D eigenvalue weighted by molar-refractivity contribution is -0.0500. The van der Waals surface area contributed by atoms with Crippen molar-refractivity contribution >= 4 is 10.9 Å². The van der Waals surface area contributed by atoms with Gasteiger partial charge in [-0.3, -0.25) is 14.2 Å². The van der Waals surface area contributed by atoms with Gasteiger partial charge in [-0.1, -0.05) is 0 Å². The number of fused-ring (bicyclic) bond motifs is 1. The van der Waals surface area contributed by atoms with Gasteiger partial charge in [-0.15, -0.1) is 0 Å². The van der Waals surface area contributed by atoms with Crippen LogP contribution < -0.4 is 4.74 Å². The molecule has 0 aromatic carbocycles. The van der Waals surface area contributed by atoms with Crippen molar-refractivity contribution in [2.75, 3.05) is 0 Å². The third kappa shape index (κ3) is 3.15. The standard InChI is InChI=1S/C19H17F2N5O2/c1-3-25-5-4-16(24-25)26-10-15-17(18(26)27)11(2)6-14(23-15)12-7-13(9-22-8-12)28-19(20)21/h4-10,19,27H,3H2,1-2H3. The van der Waals surface area contributed by atoms with Gasteiger partial charge in [0, 0.05) is 36.8 Å². The zero-order valence-corrected chi connectivity index (χ0v) is 15.2. The van der Waals surface area contributed by atoms with Crippen LogP contribution in [-0.4, -0.2) is 36.0 Å². The van der Waals surface area contributed by atoms with Crippen LogP contribution >= 0.6 is 0 Å². The zero-order chi connectivity index (χ0) is 19.8. The Kier molecular flexibility index (Phi) is 4.42. The molecule has 0 saturated heterocycles. The van der Waals surface area contributed by atoms with E-state index in [4.69, 9.17) is 0 Å². The molecule has 9 heteroatoms. The molecule has 0 atom stereocenters. The van der Waals surface area contributed by atoms with Crippen molar-refractivity contribution in [1.29, 1.82) is 0 Å². The Hall–Kier alpha value is -3.49. The van der Waals surface area contributed by atoms with Crippen LogP contribution in [0, 0.1) is 6.92 Å². The van der Waals surface area contributed by atoms with Crippen LogP contribution in [-0.2, 0) is 6.54 Å². The molecule has 0 aliphatic rings. The first kappa shape index (κ1) is 17.9. The third-order valence-electron chi connectivity index (χ3n) is 4.38. The van der Waals surface area contributed by atoms with Crippen LogP contribution in [0.1, 0.15) is 12.5 Å². The van der Waals surface area contributed by atoms with E-state index >= 15 is 0 Å². The second-order valence-electron chi connectivity index (χ2n) is 6.22. The minimum atomic E-state index is -2.93. The Morgan fingerprint density at radius 1 is 1.25 bits per heavy atom. The summed E-state index contributed by atoms with van der Waals surface area (Å²) in [6.07, 6.45) is 6.25. The summed E-state index contributed by atoms with van der Waals surface area (Å²) in [5.41, 5.74) is 2.41. The summed E-state index contributed by atoms with van der Waals surface area (Å²) in [7, 11) is 0. The van der Waals surface area contributed by atoms with Gasteiger partial charge in [-0.2, -0.15) is 13.9 Å². The summed E-state index contributed by atoms with van der Waals surface area (Å²) in [6, 6.07) is 5.01. The Bertz CT molecular complexity index is 1150. The van der Waals surface area contributed by atoms with Crippen molar-refractivity contribution in [2.45, 2.75) is 27.0 Å². The smallest absolute Gasteiger partial charge is 0.387 e. The number of pyridine rings is 2. The highest BCUT2D eigenvalue weighted by Gasteiger charge is 2.17. The molecule has 28 heavy (non-hydrogen) atoms. The first-order valence-electron chi connectivity index (χ1n) is 8.62. The van der Waals surface area contributed by atoms with Gasteiger partial charge in [-0.05, 0) is 31.5 Å². The molecule has 0 spiro atoms. The molecule has 4 aromatic heterocycles. The Labute approximate surface area is 158 Å². The van der Waals surface area contributed by atoms with Gasteiger partial charge in [0.2, 0.25) is 5.88 Å². The first-order valence-corrected chi connectivity index (χ1v) is 8.62. The molecule has 0 bridgehead atoms. The van der Waals surface area contributed by atoms with E-state index in [9.17, 15) is 13.9 Å². The van der Waals surface area contributed by atoms with E-state index in [0.717, 1.165) is 5.56 Å². The first-order chi connectivity index (χ1) is 13.5. The predicted molar refractivity (Wildman–Crippen MR) is 98.8 cm³/mol. The lowest BCUT2D eigenvalue weighted by Gasteiger charge is -2.07. The molecule has 1 N–H and O–H groups in total. The van der Waals surface area contributed by atoms with Crippen molar-refractivity contribution in [3.63, 3.8) is 0 Å². The van der Waals surface area contributed by atoms with E-state index in [0.29, 0.717) is 34.5 Å². The highest BCUT2D eigenvalue weighted by Crippen LogP contribution is 2.34. The van der Waals surface area contributed by atoms with Crippen molar-refractivity contribution in [3.05, 3.63) is 48.5 Å². The van der Waals surface area contributed by atoms with Crippen molar-refractivity contribution < 1.29 is 18.6 Å². The van der Waals surface area contributed by atoms with E-state index in [2.05, 4.69) is 19.8 Å². The summed E-state index contributed by atoms with van der Waals surface area (Å²) >= 11 is 0. The predicted octanol–water partition coefficient (Wildman–Crippen LogP) is 3.92. The minimum Gasteiger partial charge on any atom is -0.494 e. The van der Waals surface area contributed by atoms with Crippen LogP contribution in [0.25, 0.3) is 28.0 Å². The molecule has 4 rings (SSSR count). The van der Waals surface area contributed by atoms with Crippen molar-refractivity contribution in [1.82, 2.24) is 24.3 Å². The quantitative estimate of drug-likeness (QED) is 0.563. The molecule has 0 aliphatic carbocycles. The second kappa shape index (κ2) is 6.91. The normalized spacial score (nSPS) is 11.5. The van der Waals surface area contributed by atoms with Crippen molar-refractivity contribution in [3.8, 4) is 28.7 Å². The largest absolute Gasteiger partial charge is 0.494 e. The summed E-state index contributed by atoms with van der Waals surface area (Å²) in [5.74, 6) is 0.575. The molecule has 0 unspecified atom stereocenters. The number of aryl methyl sites for hydroxylation is 2. The summed E-state index contributed by atoms with van der Waals surface area (Å²) < 4.78 is 32.6. The van der Waals surface area contributed by atoms with Gasteiger partial charge in [0.05, 0.1) is 22.8 Å². The third-order valence-corrected chi connectivity index (χ3v) is 4.38. The van der Waals surface area contributed by atoms with Gasteiger partial charge in [0.25, 0.3) is 0 Å².